The molecule has 0 bridgehead atoms. The van der Waals surface area contributed by atoms with Crippen LogP contribution in [0.25, 0.3) is 0 Å². The minimum atomic E-state index is -0.820. The molecule has 1 aliphatic rings. The molecule has 1 atom stereocenters. The summed E-state index contributed by atoms with van der Waals surface area (Å²) in [6.45, 7) is 3.29. The van der Waals surface area contributed by atoms with E-state index in [1.165, 1.54) is 23.1 Å². The van der Waals surface area contributed by atoms with Crippen molar-refractivity contribution in [2.45, 2.75) is 6.04 Å². The quantitative estimate of drug-likeness (QED) is 0.605. The SMILES string of the molecule is CN(C)c1ccc([C@@H](CNC(=O)C(=O)Nc2cccc(F)c2)[NH+]2CCOCC2)cc1. The van der Waals surface area contributed by atoms with Gasteiger partial charge < -0.3 is 25.2 Å². The molecule has 0 aliphatic carbocycles. The smallest absolute Gasteiger partial charge is 0.313 e. The summed E-state index contributed by atoms with van der Waals surface area (Å²) in [6.07, 6.45) is 0. The van der Waals surface area contributed by atoms with Crippen LogP contribution in [0.5, 0.6) is 0 Å². The highest BCUT2D eigenvalue weighted by Gasteiger charge is 2.28. The van der Waals surface area contributed by atoms with Crippen molar-refractivity contribution in [1.82, 2.24) is 5.32 Å². The lowest BCUT2D eigenvalue weighted by Crippen LogP contribution is -3.15. The normalized spacial score (nSPS) is 15.3. The number of nitrogens with one attached hydrogen (secondary N) is 3. The van der Waals surface area contributed by atoms with Gasteiger partial charge in [0.05, 0.1) is 19.8 Å². The number of amides is 2. The summed E-state index contributed by atoms with van der Waals surface area (Å²) in [5.41, 5.74) is 2.42. The molecule has 1 saturated heterocycles. The molecule has 1 fully saturated rings. The maximum absolute atomic E-state index is 13.3. The van der Waals surface area contributed by atoms with Gasteiger partial charge in [0.2, 0.25) is 0 Å². The molecule has 3 rings (SSSR count). The summed E-state index contributed by atoms with van der Waals surface area (Å²) in [6, 6.07) is 13.6. The minimum Gasteiger partial charge on any atom is -0.378 e. The average molecular weight is 415 g/mol. The molecule has 0 unspecified atom stereocenters. The fraction of sp³-hybridized carbons (Fsp3) is 0.364. The highest BCUT2D eigenvalue weighted by molar-refractivity contribution is 6.39. The first-order valence-corrected chi connectivity index (χ1v) is 9.98. The second-order valence-electron chi connectivity index (χ2n) is 7.48. The molecule has 2 amide bonds. The number of carbonyl (C=O) groups excluding carboxylic acids is 2. The highest BCUT2D eigenvalue weighted by Crippen LogP contribution is 2.16. The zero-order valence-corrected chi connectivity index (χ0v) is 17.3. The molecule has 2 aromatic rings. The molecule has 0 spiro atoms. The summed E-state index contributed by atoms with van der Waals surface area (Å²) in [4.78, 5) is 27.9. The number of morpholine rings is 1. The van der Waals surface area contributed by atoms with Gasteiger partial charge >= 0.3 is 11.8 Å². The Morgan fingerprint density at radius 1 is 1.10 bits per heavy atom. The zero-order valence-electron chi connectivity index (χ0n) is 17.3. The van der Waals surface area contributed by atoms with Gasteiger partial charge in [0.15, 0.2) is 0 Å². The number of carbonyl (C=O) groups is 2. The van der Waals surface area contributed by atoms with E-state index < -0.39 is 17.6 Å². The van der Waals surface area contributed by atoms with Crippen molar-refractivity contribution in [3.8, 4) is 0 Å². The van der Waals surface area contributed by atoms with Crippen LogP contribution < -0.4 is 20.4 Å². The first-order chi connectivity index (χ1) is 14.4. The standard InChI is InChI=1S/C22H27FN4O3/c1-26(2)19-8-6-16(7-9-19)20(27-10-12-30-13-11-27)15-24-21(28)22(29)25-18-5-3-4-17(23)14-18/h3-9,14,20H,10-13,15H2,1-2H3,(H,24,28)(H,25,29)/p+1/t20-/m1/s1. The van der Waals surface area contributed by atoms with Gasteiger partial charge in [-0.3, -0.25) is 9.59 Å². The Morgan fingerprint density at radius 3 is 2.43 bits per heavy atom. The van der Waals surface area contributed by atoms with Gasteiger partial charge in [-0.2, -0.15) is 0 Å². The molecule has 8 heteroatoms. The van der Waals surface area contributed by atoms with Gasteiger partial charge in [-0.05, 0) is 30.3 Å². The Morgan fingerprint density at radius 2 is 1.80 bits per heavy atom. The van der Waals surface area contributed by atoms with E-state index in [1.807, 2.05) is 31.1 Å². The molecule has 2 aromatic carbocycles. The van der Waals surface area contributed by atoms with Gasteiger partial charge in [0.1, 0.15) is 24.9 Å². The lowest BCUT2D eigenvalue weighted by atomic mass is 10.0. The summed E-state index contributed by atoms with van der Waals surface area (Å²) in [7, 11) is 3.97. The van der Waals surface area contributed by atoms with Crippen LogP contribution in [-0.4, -0.2) is 58.8 Å². The van der Waals surface area contributed by atoms with E-state index in [-0.39, 0.29) is 11.7 Å². The molecule has 0 aromatic heterocycles. The Hall–Kier alpha value is -2.97. The predicted octanol–water partition coefficient (Wildman–Crippen LogP) is 0.603. The number of hydrogen-bond acceptors (Lipinski definition) is 4. The fourth-order valence-electron chi connectivity index (χ4n) is 3.51. The summed E-state index contributed by atoms with van der Waals surface area (Å²) < 4.78 is 18.7. The topological polar surface area (TPSA) is 75.1 Å². The maximum atomic E-state index is 13.3. The second-order valence-corrected chi connectivity index (χ2v) is 7.48. The van der Waals surface area contributed by atoms with E-state index in [0.29, 0.717) is 19.8 Å². The van der Waals surface area contributed by atoms with Crippen molar-refractivity contribution in [3.63, 3.8) is 0 Å². The van der Waals surface area contributed by atoms with Gasteiger partial charge in [0, 0.05) is 31.0 Å². The third-order valence-corrected chi connectivity index (χ3v) is 5.20. The number of hydrogen-bond donors (Lipinski definition) is 3. The summed E-state index contributed by atoms with van der Waals surface area (Å²) in [5, 5.41) is 5.16. The van der Waals surface area contributed by atoms with E-state index in [9.17, 15) is 14.0 Å². The third-order valence-electron chi connectivity index (χ3n) is 5.20. The van der Waals surface area contributed by atoms with Gasteiger partial charge in [-0.1, -0.05) is 18.2 Å². The van der Waals surface area contributed by atoms with Crippen molar-refractivity contribution >= 4 is 23.2 Å². The van der Waals surface area contributed by atoms with Crippen LogP contribution >= 0.6 is 0 Å². The number of anilines is 2. The highest BCUT2D eigenvalue weighted by atomic mass is 19.1. The van der Waals surface area contributed by atoms with Gasteiger partial charge in [-0.25, -0.2) is 4.39 Å². The van der Waals surface area contributed by atoms with Crippen LogP contribution in [0.4, 0.5) is 15.8 Å². The molecule has 1 aliphatic heterocycles. The van der Waals surface area contributed by atoms with Crippen molar-refractivity contribution in [3.05, 3.63) is 59.9 Å². The molecular weight excluding hydrogens is 387 g/mol. The van der Waals surface area contributed by atoms with Crippen LogP contribution in [0.3, 0.4) is 0 Å². The van der Waals surface area contributed by atoms with Crippen molar-refractivity contribution < 1.29 is 23.6 Å². The number of ether oxygens (including phenoxy) is 1. The van der Waals surface area contributed by atoms with E-state index >= 15 is 0 Å². The molecule has 160 valence electrons. The Labute approximate surface area is 175 Å². The average Bonchev–Trinajstić information content (AvgIpc) is 2.75. The van der Waals surface area contributed by atoms with Crippen molar-refractivity contribution in [1.29, 1.82) is 0 Å². The van der Waals surface area contributed by atoms with Gasteiger partial charge in [-0.15, -0.1) is 0 Å². The first kappa shape index (κ1) is 21.7. The molecule has 7 nitrogen and oxygen atoms in total. The molecule has 1 heterocycles. The summed E-state index contributed by atoms with van der Waals surface area (Å²) >= 11 is 0. The fourth-order valence-corrected chi connectivity index (χ4v) is 3.51. The van der Waals surface area contributed by atoms with Crippen LogP contribution in [0, 0.1) is 5.82 Å². The molecule has 0 radical (unpaired) electrons. The van der Waals surface area contributed by atoms with E-state index in [2.05, 4.69) is 22.8 Å². The lowest BCUT2D eigenvalue weighted by molar-refractivity contribution is -0.937. The van der Waals surface area contributed by atoms with E-state index in [1.54, 1.807) is 0 Å². The number of rotatable bonds is 6. The Balaban J connectivity index is 1.66. The number of nitrogens with zero attached hydrogens (tertiary/aromatic N) is 1. The zero-order chi connectivity index (χ0) is 21.5. The largest absolute Gasteiger partial charge is 0.378 e. The van der Waals surface area contributed by atoms with Crippen LogP contribution in [0.15, 0.2) is 48.5 Å². The molecule has 3 N–H and O–H groups in total. The van der Waals surface area contributed by atoms with Crippen molar-refractivity contribution in [2.24, 2.45) is 0 Å². The molecule has 0 saturated carbocycles. The second kappa shape index (κ2) is 10.2. The number of quaternary nitrogens is 1. The minimum absolute atomic E-state index is 0.00367. The first-order valence-electron chi connectivity index (χ1n) is 9.98. The van der Waals surface area contributed by atoms with Crippen LogP contribution in [-0.2, 0) is 14.3 Å². The van der Waals surface area contributed by atoms with E-state index in [4.69, 9.17) is 4.74 Å². The van der Waals surface area contributed by atoms with Crippen LogP contribution in [0.1, 0.15) is 11.6 Å². The van der Waals surface area contributed by atoms with E-state index in [0.717, 1.165) is 30.4 Å². The Bertz CT molecular complexity index is 867. The predicted molar refractivity (Wildman–Crippen MR) is 113 cm³/mol. The Kier molecular flexibility index (Phi) is 7.37. The lowest BCUT2D eigenvalue weighted by Gasteiger charge is -2.32. The van der Waals surface area contributed by atoms with Crippen molar-refractivity contribution in [2.75, 3.05) is 57.2 Å². The monoisotopic (exact) mass is 415 g/mol. The molecule has 30 heavy (non-hydrogen) atoms. The number of benzene rings is 2. The summed E-state index contributed by atoms with van der Waals surface area (Å²) in [5.74, 6) is -2.05. The maximum Gasteiger partial charge on any atom is 0.313 e. The molecular formula is C22H28FN4O3+. The van der Waals surface area contributed by atoms with Crippen LogP contribution in [0.2, 0.25) is 0 Å². The van der Waals surface area contributed by atoms with Gasteiger partial charge in [0.25, 0.3) is 0 Å². The number of halogens is 1. The third kappa shape index (κ3) is 5.77.